The lowest BCUT2D eigenvalue weighted by molar-refractivity contribution is -0.150. The number of hydrogen-bond acceptors (Lipinski definition) is 9. The molecule has 0 bridgehead atoms. The Morgan fingerprint density at radius 1 is 0.508 bits per heavy atom. The molecule has 1 rings (SSSR count). The van der Waals surface area contributed by atoms with E-state index in [0.29, 0.717) is 30.9 Å². The van der Waals surface area contributed by atoms with Gasteiger partial charge in [-0.3, -0.25) is 19.2 Å². The molecule has 0 saturated heterocycles. The Labute approximate surface area is 387 Å². The molecule has 0 amide bonds. The van der Waals surface area contributed by atoms with E-state index in [1.165, 1.54) is 180 Å². The van der Waals surface area contributed by atoms with Gasteiger partial charge in [0, 0.05) is 26.1 Å². The quantitative estimate of drug-likeness (QED) is 0.0252. The number of nitrogens with one attached hydrogen (secondary N) is 2. The van der Waals surface area contributed by atoms with Crippen molar-refractivity contribution in [2.75, 3.05) is 64.0 Å². The van der Waals surface area contributed by atoms with E-state index in [2.05, 4.69) is 41.2 Å². The average molecular weight is 891 g/mol. The largest absolute Gasteiger partial charge is 0.483 e. The molecule has 0 aliphatic heterocycles. The van der Waals surface area contributed by atoms with Crippen LogP contribution < -0.4 is 21.5 Å². The highest BCUT2D eigenvalue weighted by Gasteiger charge is 2.20. The molecular formula is C53H102N4O6. The molecule has 0 aromatic heterocycles. The molecule has 0 fully saturated rings. The fraction of sp³-hybridized carbons (Fsp3) is 0.887. The first kappa shape index (κ1) is 60.5. The molecule has 0 aliphatic rings. The third kappa shape index (κ3) is 37.5. The van der Waals surface area contributed by atoms with E-state index in [9.17, 15) is 14.4 Å². The second kappa shape index (κ2) is 46.1. The van der Waals surface area contributed by atoms with Crippen LogP contribution in [0.4, 0.5) is 11.4 Å². The number of anilines is 2. The van der Waals surface area contributed by atoms with Crippen molar-refractivity contribution >= 4 is 23.8 Å². The van der Waals surface area contributed by atoms with Gasteiger partial charge in [0.2, 0.25) is 0 Å². The highest BCUT2D eigenvalue weighted by molar-refractivity contribution is 5.73. The Hall–Kier alpha value is -2.46. The topological polar surface area (TPSA) is 128 Å². The maximum atomic E-state index is 12.9. The van der Waals surface area contributed by atoms with Crippen molar-refractivity contribution < 1.29 is 19.4 Å². The van der Waals surface area contributed by atoms with Crippen LogP contribution in [-0.2, 0) is 14.3 Å². The molecule has 0 saturated carbocycles. The van der Waals surface area contributed by atoms with Crippen molar-refractivity contribution in [1.29, 1.82) is 0 Å². The molecule has 10 heteroatoms. The van der Waals surface area contributed by atoms with Crippen molar-refractivity contribution in [1.82, 2.24) is 9.80 Å². The summed E-state index contributed by atoms with van der Waals surface area (Å²) in [5.74, 6) is 0.0186. The maximum absolute atomic E-state index is 12.9. The molecule has 0 spiro atoms. The number of nitrogens with zero attached hydrogens (tertiary/aromatic N) is 2. The minimum atomic E-state index is -0.399. The molecule has 63 heavy (non-hydrogen) atoms. The fourth-order valence-corrected chi connectivity index (χ4v) is 8.46. The van der Waals surface area contributed by atoms with Crippen LogP contribution in [0.15, 0.2) is 9.59 Å². The van der Waals surface area contributed by atoms with Crippen LogP contribution in [0.5, 0.6) is 0 Å². The number of ether oxygens (including phenoxy) is 1. The predicted octanol–water partition coefficient (Wildman–Crippen LogP) is 13.3. The summed E-state index contributed by atoms with van der Waals surface area (Å²) in [6, 6.07) is 0. The van der Waals surface area contributed by atoms with E-state index in [1.54, 1.807) is 0 Å². The van der Waals surface area contributed by atoms with Gasteiger partial charge in [-0.2, -0.15) is 0 Å². The van der Waals surface area contributed by atoms with E-state index in [-0.39, 0.29) is 18.5 Å². The number of esters is 1. The van der Waals surface area contributed by atoms with Gasteiger partial charge in [-0.15, -0.1) is 0 Å². The Bertz CT molecular complexity index is 1200. The van der Waals surface area contributed by atoms with Gasteiger partial charge >= 0.3 is 5.97 Å². The molecule has 0 atom stereocenters. The summed E-state index contributed by atoms with van der Waals surface area (Å²) < 4.78 is 6.09. The smallest absolute Gasteiger partial charge is 0.306 e. The van der Waals surface area contributed by atoms with Crippen molar-refractivity contribution in [2.45, 2.75) is 252 Å². The minimum Gasteiger partial charge on any atom is -0.483 e. The van der Waals surface area contributed by atoms with Crippen LogP contribution in [-0.4, -0.2) is 86.8 Å². The molecule has 0 radical (unpaired) electrons. The van der Waals surface area contributed by atoms with E-state index in [0.717, 1.165) is 64.7 Å². The summed E-state index contributed by atoms with van der Waals surface area (Å²) in [5.41, 5.74) is 0.127. The van der Waals surface area contributed by atoms with Gasteiger partial charge in [0.1, 0.15) is 17.5 Å². The van der Waals surface area contributed by atoms with Gasteiger partial charge in [0.15, 0.2) is 0 Å². The highest BCUT2D eigenvalue weighted by Crippen LogP contribution is 2.19. The Morgan fingerprint density at radius 2 is 0.841 bits per heavy atom. The van der Waals surface area contributed by atoms with Crippen LogP contribution in [0.3, 0.4) is 0 Å². The van der Waals surface area contributed by atoms with Crippen LogP contribution >= 0.6 is 0 Å². The highest BCUT2D eigenvalue weighted by atomic mass is 16.5. The Kier molecular flexibility index (Phi) is 44.3. The number of unbranched alkanes of at least 4 members (excludes halogenated alkanes) is 27. The Balaban J connectivity index is 0.0000124. The van der Waals surface area contributed by atoms with Crippen LogP contribution in [0.25, 0.3) is 0 Å². The SMILES string of the molecule is CCCCCCCCCCCCCCCCN(CCCCCCCC(=O)OC(CCCCCCCC)CCCCCCCC)CCCNc1c(NCCN(C)C)c(=O)c1=O.O=CO. The zero-order valence-corrected chi connectivity index (χ0v) is 42.0. The van der Waals surface area contributed by atoms with Crippen molar-refractivity contribution in [3.63, 3.8) is 0 Å². The number of carbonyl (C=O) groups is 2. The summed E-state index contributed by atoms with van der Waals surface area (Å²) in [7, 11) is 3.99. The summed E-state index contributed by atoms with van der Waals surface area (Å²) in [6.07, 6.45) is 43.8. The summed E-state index contributed by atoms with van der Waals surface area (Å²) >= 11 is 0. The molecule has 0 unspecified atom stereocenters. The van der Waals surface area contributed by atoms with Gasteiger partial charge in [-0.1, -0.05) is 188 Å². The van der Waals surface area contributed by atoms with Crippen molar-refractivity contribution in [3.05, 3.63) is 20.4 Å². The molecule has 10 nitrogen and oxygen atoms in total. The first-order chi connectivity index (χ1) is 30.7. The van der Waals surface area contributed by atoms with Gasteiger partial charge in [0.05, 0.1) is 0 Å². The van der Waals surface area contributed by atoms with E-state index < -0.39 is 10.9 Å². The maximum Gasteiger partial charge on any atom is 0.306 e. The van der Waals surface area contributed by atoms with Crippen LogP contribution in [0.1, 0.15) is 245 Å². The monoisotopic (exact) mass is 891 g/mol. The zero-order valence-electron chi connectivity index (χ0n) is 42.0. The normalized spacial score (nSPS) is 11.4. The lowest BCUT2D eigenvalue weighted by Gasteiger charge is -2.23. The second-order valence-electron chi connectivity index (χ2n) is 18.7. The van der Waals surface area contributed by atoms with Crippen LogP contribution in [0, 0.1) is 0 Å². The number of carboxylic acid groups (broad SMARTS) is 1. The number of likely N-dealkylation sites (N-methyl/N-ethyl adjacent to an activating group) is 1. The van der Waals surface area contributed by atoms with E-state index in [4.69, 9.17) is 14.6 Å². The molecular weight excluding hydrogens is 789 g/mol. The molecule has 370 valence electrons. The van der Waals surface area contributed by atoms with Crippen LogP contribution in [0.2, 0.25) is 0 Å². The van der Waals surface area contributed by atoms with Crippen molar-refractivity contribution in [2.24, 2.45) is 0 Å². The Morgan fingerprint density at radius 3 is 1.24 bits per heavy atom. The van der Waals surface area contributed by atoms with E-state index in [1.807, 2.05) is 14.1 Å². The fourth-order valence-electron chi connectivity index (χ4n) is 8.46. The molecule has 0 aliphatic carbocycles. The summed E-state index contributed by atoms with van der Waals surface area (Å²) in [6.45, 7) is 11.9. The van der Waals surface area contributed by atoms with Gasteiger partial charge < -0.3 is 30.3 Å². The average Bonchev–Trinajstić information content (AvgIpc) is 3.27. The van der Waals surface area contributed by atoms with Crippen molar-refractivity contribution in [3.8, 4) is 0 Å². The third-order valence-electron chi connectivity index (χ3n) is 12.5. The summed E-state index contributed by atoms with van der Waals surface area (Å²) in [5, 5.41) is 13.3. The minimum absolute atomic E-state index is 0.0186. The number of rotatable bonds is 47. The predicted molar refractivity (Wildman–Crippen MR) is 271 cm³/mol. The summed E-state index contributed by atoms with van der Waals surface area (Å²) in [4.78, 5) is 50.4. The standard InChI is InChI=1S/C52H100N4O4.CH2O2/c1-6-9-12-15-18-19-20-21-22-23-24-25-30-35-43-56(45-37-41-53-49-50(52(59)51(49)58)54-42-46-55(4)5)44-36-31-26-29-34-40-48(57)60-47(38-32-27-16-13-10-7-2)39-33-28-17-14-11-8-3;2-1-3/h47,53-54H,6-46H2,1-5H3;1H,(H,2,3). The van der Waals surface area contributed by atoms with Gasteiger partial charge in [-0.25, -0.2) is 0 Å². The van der Waals surface area contributed by atoms with Gasteiger partial charge in [-0.05, 0) is 85.1 Å². The van der Waals surface area contributed by atoms with Gasteiger partial charge in [0.25, 0.3) is 17.3 Å². The lowest BCUT2D eigenvalue weighted by Crippen LogP contribution is -2.39. The lowest BCUT2D eigenvalue weighted by atomic mass is 10.0. The zero-order chi connectivity index (χ0) is 46.4. The molecule has 3 N–H and O–H groups in total. The first-order valence-electron chi connectivity index (χ1n) is 26.7. The number of carbonyl (C=O) groups excluding carboxylic acids is 1. The molecule has 0 heterocycles. The molecule has 1 aromatic carbocycles. The first-order valence-corrected chi connectivity index (χ1v) is 26.7. The molecule has 1 aromatic rings. The number of hydrogen-bond donors (Lipinski definition) is 3. The third-order valence-corrected chi connectivity index (χ3v) is 12.5. The second-order valence-corrected chi connectivity index (χ2v) is 18.7. The van der Waals surface area contributed by atoms with E-state index >= 15 is 0 Å².